The first-order valence-corrected chi connectivity index (χ1v) is 6.02. The van der Waals surface area contributed by atoms with Gasteiger partial charge in [0, 0.05) is 0 Å². The van der Waals surface area contributed by atoms with Crippen molar-refractivity contribution in [2.75, 3.05) is 6.54 Å². The Labute approximate surface area is 111 Å². The molecule has 0 saturated carbocycles. The summed E-state index contributed by atoms with van der Waals surface area (Å²) in [6, 6.07) is 5.03. The number of amides is 1. The van der Waals surface area contributed by atoms with Gasteiger partial charge in [-0.15, -0.1) is 0 Å². The average molecular weight is 263 g/mol. The lowest BCUT2D eigenvalue weighted by Gasteiger charge is -2.20. The molecule has 0 aromatic carbocycles. The Morgan fingerprint density at radius 1 is 1.47 bits per heavy atom. The van der Waals surface area contributed by atoms with Crippen molar-refractivity contribution in [2.45, 2.75) is 26.4 Å². The molecule has 1 atom stereocenters. The molecule has 2 rings (SSSR count). The molecule has 19 heavy (non-hydrogen) atoms. The molecule has 2 heterocycles. The van der Waals surface area contributed by atoms with Gasteiger partial charge in [0.05, 0.1) is 18.4 Å². The Morgan fingerprint density at radius 3 is 2.74 bits per heavy atom. The van der Waals surface area contributed by atoms with E-state index in [1.807, 2.05) is 0 Å². The van der Waals surface area contributed by atoms with Gasteiger partial charge in [0.15, 0.2) is 0 Å². The van der Waals surface area contributed by atoms with Crippen molar-refractivity contribution in [3.63, 3.8) is 0 Å². The van der Waals surface area contributed by atoms with Gasteiger partial charge in [-0.05, 0) is 39.0 Å². The molecule has 2 N–H and O–H groups in total. The van der Waals surface area contributed by atoms with Crippen molar-refractivity contribution >= 4 is 5.91 Å². The molecular formula is C14H17NO4. The minimum Gasteiger partial charge on any atom is -0.466 e. The predicted octanol–water partition coefficient (Wildman–Crippen LogP) is 2.13. The van der Waals surface area contributed by atoms with Crippen molar-refractivity contribution in [1.82, 2.24) is 5.32 Å². The molecule has 0 bridgehead atoms. The minimum absolute atomic E-state index is 0.0585. The van der Waals surface area contributed by atoms with Gasteiger partial charge in [-0.2, -0.15) is 0 Å². The Bertz CT molecular complexity index is 566. The van der Waals surface area contributed by atoms with E-state index in [-0.39, 0.29) is 12.5 Å². The summed E-state index contributed by atoms with van der Waals surface area (Å²) in [7, 11) is 0. The van der Waals surface area contributed by atoms with Crippen LogP contribution < -0.4 is 5.32 Å². The number of furan rings is 2. The molecule has 0 radical (unpaired) electrons. The molecule has 0 saturated heterocycles. The van der Waals surface area contributed by atoms with Crippen molar-refractivity contribution in [2.24, 2.45) is 0 Å². The summed E-state index contributed by atoms with van der Waals surface area (Å²) in [4.78, 5) is 12.0. The zero-order valence-corrected chi connectivity index (χ0v) is 11.2. The molecule has 2 aromatic heterocycles. The van der Waals surface area contributed by atoms with Crippen molar-refractivity contribution in [3.05, 3.63) is 47.3 Å². The third-order valence-electron chi connectivity index (χ3n) is 2.93. The van der Waals surface area contributed by atoms with Crippen molar-refractivity contribution in [3.8, 4) is 0 Å². The Morgan fingerprint density at radius 2 is 2.21 bits per heavy atom. The van der Waals surface area contributed by atoms with E-state index in [2.05, 4.69) is 5.32 Å². The standard InChI is InChI=1S/C14H17NO4/c1-9-7-11(10(2)19-9)13(16)15-8-14(3,17)12-5-4-6-18-12/h4-7,17H,8H2,1-3H3,(H,15,16). The predicted molar refractivity (Wildman–Crippen MR) is 68.8 cm³/mol. The van der Waals surface area contributed by atoms with Gasteiger partial charge >= 0.3 is 0 Å². The number of rotatable bonds is 4. The highest BCUT2D eigenvalue weighted by Gasteiger charge is 2.27. The number of aliphatic hydroxyl groups is 1. The number of nitrogens with one attached hydrogen (secondary N) is 1. The van der Waals surface area contributed by atoms with E-state index in [0.29, 0.717) is 22.8 Å². The summed E-state index contributed by atoms with van der Waals surface area (Å²) < 4.78 is 10.4. The van der Waals surface area contributed by atoms with Crippen LogP contribution in [0.3, 0.4) is 0 Å². The zero-order chi connectivity index (χ0) is 14.0. The van der Waals surface area contributed by atoms with Crippen LogP contribution in [-0.4, -0.2) is 17.6 Å². The van der Waals surface area contributed by atoms with Gasteiger partial charge < -0.3 is 19.3 Å². The molecule has 5 heteroatoms. The van der Waals surface area contributed by atoms with Gasteiger partial charge in [-0.25, -0.2) is 0 Å². The van der Waals surface area contributed by atoms with Crippen LogP contribution in [0, 0.1) is 13.8 Å². The maximum Gasteiger partial charge on any atom is 0.254 e. The summed E-state index contributed by atoms with van der Waals surface area (Å²) in [6.07, 6.45) is 1.48. The molecule has 0 aliphatic carbocycles. The van der Waals surface area contributed by atoms with Gasteiger partial charge in [-0.3, -0.25) is 4.79 Å². The molecule has 1 unspecified atom stereocenters. The summed E-state index contributed by atoms with van der Waals surface area (Å²) in [6.45, 7) is 5.15. The van der Waals surface area contributed by atoms with E-state index in [4.69, 9.17) is 8.83 Å². The minimum atomic E-state index is -1.24. The number of aryl methyl sites for hydroxylation is 2. The normalized spacial score (nSPS) is 14.1. The maximum absolute atomic E-state index is 12.0. The zero-order valence-electron chi connectivity index (χ0n) is 11.2. The van der Waals surface area contributed by atoms with Crippen LogP contribution in [0.2, 0.25) is 0 Å². The number of carbonyl (C=O) groups excluding carboxylic acids is 1. The second-order valence-electron chi connectivity index (χ2n) is 4.76. The first-order chi connectivity index (χ1) is 8.90. The van der Waals surface area contributed by atoms with Crippen LogP contribution in [0.4, 0.5) is 0 Å². The monoisotopic (exact) mass is 263 g/mol. The van der Waals surface area contributed by atoms with Crippen molar-refractivity contribution in [1.29, 1.82) is 0 Å². The van der Waals surface area contributed by atoms with E-state index in [1.54, 1.807) is 39.0 Å². The highest BCUT2D eigenvalue weighted by molar-refractivity contribution is 5.95. The summed E-state index contributed by atoms with van der Waals surface area (Å²) in [5.41, 5.74) is -0.765. The van der Waals surface area contributed by atoms with E-state index >= 15 is 0 Å². The van der Waals surface area contributed by atoms with Gasteiger partial charge in [0.2, 0.25) is 0 Å². The Kier molecular flexibility index (Phi) is 3.48. The van der Waals surface area contributed by atoms with Crippen LogP contribution in [-0.2, 0) is 5.60 Å². The maximum atomic E-state index is 12.0. The number of carbonyl (C=O) groups is 1. The third kappa shape index (κ3) is 2.88. The highest BCUT2D eigenvalue weighted by atomic mass is 16.4. The SMILES string of the molecule is Cc1cc(C(=O)NCC(C)(O)c2ccco2)c(C)o1. The fraction of sp³-hybridized carbons (Fsp3) is 0.357. The van der Waals surface area contributed by atoms with E-state index in [0.717, 1.165) is 0 Å². The lowest BCUT2D eigenvalue weighted by Crippen LogP contribution is -2.38. The molecule has 5 nitrogen and oxygen atoms in total. The number of hydrogen-bond donors (Lipinski definition) is 2. The van der Waals surface area contributed by atoms with Crippen LogP contribution in [0.1, 0.15) is 34.6 Å². The van der Waals surface area contributed by atoms with Crippen LogP contribution in [0.15, 0.2) is 33.3 Å². The fourth-order valence-electron chi connectivity index (χ4n) is 1.88. The molecular weight excluding hydrogens is 246 g/mol. The molecule has 2 aromatic rings. The largest absolute Gasteiger partial charge is 0.466 e. The van der Waals surface area contributed by atoms with Crippen LogP contribution >= 0.6 is 0 Å². The van der Waals surface area contributed by atoms with Crippen LogP contribution in [0.25, 0.3) is 0 Å². The summed E-state index contributed by atoms with van der Waals surface area (Å²) in [5, 5.41) is 12.9. The topological polar surface area (TPSA) is 75.6 Å². The molecule has 102 valence electrons. The second-order valence-corrected chi connectivity index (χ2v) is 4.76. The fourth-order valence-corrected chi connectivity index (χ4v) is 1.88. The first-order valence-electron chi connectivity index (χ1n) is 6.02. The Balaban J connectivity index is 2.03. The average Bonchev–Trinajstić information content (AvgIpc) is 2.96. The first kappa shape index (κ1) is 13.4. The lowest BCUT2D eigenvalue weighted by molar-refractivity contribution is 0.0330. The van der Waals surface area contributed by atoms with Gasteiger partial charge in [0.25, 0.3) is 5.91 Å². The Hall–Kier alpha value is -2.01. The highest BCUT2D eigenvalue weighted by Crippen LogP contribution is 2.20. The van der Waals surface area contributed by atoms with E-state index in [9.17, 15) is 9.90 Å². The molecule has 0 aliphatic rings. The van der Waals surface area contributed by atoms with Crippen LogP contribution in [0.5, 0.6) is 0 Å². The van der Waals surface area contributed by atoms with Gasteiger partial charge in [-0.1, -0.05) is 0 Å². The molecule has 0 aliphatic heterocycles. The van der Waals surface area contributed by atoms with Gasteiger partial charge in [0.1, 0.15) is 22.9 Å². The summed E-state index contributed by atoms with van der Waals surface area (Å²) >= 11 is 0. The second kappa shape index (κ2) is 4.93. The quantitative estimate of drug-likeness (QED) is 0.886. The molecule has 1 amide bonds. The molecule has 0 spiro atoms. The molecule has 0 fully saturated rings. The smallest absolute Gasteiger partial charge is 0.254 e. The number of hydrogen-bond acceptors (Lipinski definition) is 4. The third-order valence-corrected chi connectivity index (χ3v) is 2.93. The van der Waals surface area contributed by atoms with Crippen molar-refractivity contribution < 1.29 is 18.7 Å². The summed E-state index contributed by atoms with van der Waals surface area (Å²) in [5.74, 6) is 1.38. The van der Waals surface area contributed by atoms with E-state index < -0.39 is 5.60 Å². The van der Waals surface area contributed by atoms with E-state index in [1.165, 1.54) is 6.26 Å². The lowest BCUT2D eigenvalue weighted by atomic mass is 10.0.